The van der Waals surface area contributed by atoms with Gasteiger partial charge in [-0.1, -0.05) is 0 Å². The third-order valence-electron chi connectivity index (χ3n) is 4.61. The van der Waals surface area contributed by atoms with Gasteiger partial charge in [-0.2, -0.15) is 0 Å². The highest BCUT2D eigenvalue weighted by Gasteiger charge is 2.13. The van der Waals surface area contributed by atoms with E-state index in [0.717, 1.165) is 11.3 Å². The largest absolute Gasteiger partial charge is 0.497 e. The van der Waals surface area contributed by atoms with E-state index in [0.29, 0.717) is 23.0 Å². The lowest BCUT2D eigenvalue weighted by Crippen LogP contribution is -2.34. The second kappa shape index (κ2) is 9.70. The molecular formula is C21H25N5O5. The minimum atomic E-state index is -0.422. The van der Waals surface area contributed by atoms with Crippen LogP contribution < -0.4 is 30.5 Å². The van der Waals surface area contributed by atoms with Crippen LogP contribution in [0.15, 0.2) is 47.3 Å². The van der Waals surface area contributed by atoms with Crippen molar-refractivity contribution in [2.75, 3.05) is 33.2 Å². The van der Waals surface area contributed by atoms with E-state index < -0.39 is 6.03 Å². The molecule has 0 saturated heterocycles. The molecule has 0 aliphatic carbocycles. The van der Waals surface area contributed by atoms with Crippen LogP contribution in [0.25, 0.3) is 11.4 Å². The Morgan fingerprint density at radius 1 is 0.968 bits per heavy atom. The third-order valence-corrected chi connectivity index (χ3v) is 4.61. The molecule has 2 amide bonds. The van der Waals surface area contributed by atoms with Crippen molar-refractivity contribution >= 4 is 11.7 Å². The number of ether oxygens (including phenoxy) is 3. The lowest BCUT2D eigenvalue weighted by atomic mass is 10.2. The number of carbonyl (C=O) groups is 1. The Bertz CT molecular complexity index is 1080. The number of nitrogens with zero attached hydrogens (tertiary/aromatic N) is 3. The van der Waals surface area contributed by atoms with E-state index in [9.17, 15) is 9.59 Å². The van der Waals surface area contributed by atoms with Gasteiger partial charge >= 0.3 is 11.7 Å². The first kappa shape index (κ1) is 21.8. The standard InChI is InChI=1S/C21H25N5O5/c1-25-19(14-5-7-16(29-2)8-6-14)24-26(21(25)28)10-9-22-20(27)23-15-11-17(30-3)13-18(12-15)31-4/h5-8,11-13H,9-10H2,1-4H3,(H2,22,23,27). The van der Waals surface area contributed by atoms with Gasteiger partial charge in [-0.05, 0) is 24.3 Å². The summed E-state index contributed by atoms with van der Waals surface area (Å²) < 4.78 is 18.3. The molecule has 2 aromatic carbocycles. The Hall–Kier alpha value is -3.95. The topological polar surface area (TPSA) is 109 Å². The summed E-state index contributed by atoms with van der Waals surface area (Å²) in [6.45, 7) is 0.434. The first-order chi connectivity index (χ1) is 14.9. The van der Waals surface area contributed by atoms with Gasteiger partial charge in [-0.3, -0.25) is 4.57 Å². The zero-order chi connectivity index (χ0) is 22.4. The second-order valence-corrected chi connectivity index (χ2v) is 6.60. The number of rotatable bonds is 8. The summed E-state index contributed by atoms with van der Waals surface area (Å²) in [6.07, 6.45) is 0. The Balaban J connectivity index is 1.61. The Kier molecular flexibility index (Phi) is 6.81. The number of benzene rings is 2. The van der Waals surface area contributed by atoms with Crippen LogP contribution in [0.2, 0.25) is 0 Å². The molecule has 31 heavy (non-hydrogen) atoms. The predicted molar refractivity (Wildman–Crippen MR) is 116 cm³/mol. The predicted octanol–water partition coefficient (Wildman–Crippen LogP) is 2.10. The fourth-order valence-corrected chi connectivity index (χ4v) is 2.96. The van der Waals surface area contributed by atoms with Crippen molar-refractivity contribution in [1.29, 1.82) is 0 Å². The Morgan fingerprint density at radius 2 is 1.58 bits per heavy atom. The van der Waals surface area contributed by atoms with Crippen LogP contribution >= 0.6 is 0 Å². The molecule has 1 heterocycles. The molecule has 0 unspecified atom stereocenters. The molecular weight excluding hydrogens is 402 g/mol. The maximum Gasteiger partial charge on any atom is 0.345 e. The fourth-order valence-electron chi connectivity index (χ4n) is 2.96. The molecule has 2 N–H and O–H groups in total. The van der Waals surface area contributed by atoms with Crippen LogP contribution in [0.1, 0.15) is 0 Å². The van der Waals surface area contributed by atoms with Gasteiger partial charge in [0.2, 0.25) is 0 Å². The summed E-state index contributed by atoms with van der Waals surface area (Å²) in [5.74, 6) is 2.36. The number of urea groups is 1. The molecule has 10 nitrogen and oxygen atoms in total. The van der Waals surface area contributed by atoms with Crippen molar-refractivity contribution < 1.29 is 19.0 Å². The first-order valence-electron chi connectivity index (χ1n) is 9.51. The van der Waals surface area contributed by atoms with E-state index in [-0.39, 0.29) is 18.8 Å². The Labute approximate surface area is 179 Å². The number of hydrogen-bond donors (Lipinski definition) is 2. The quantitative estimate of drug-likeness (QED) is 0.570. The summed E-state index contributed by atoms with van der Waals surface area (Å²) in [5, 5.41) is 9.80. The Morgan fingerprint density at radius 3 is 2.16 bits per heavy atom. The normalized spacial score (nSPS) is 10.5. The van der Waals surface area contributed by atoms with Crippen LogP contribution in [-0.4, -0.2) is 48.3 Å². The number of nitrogens with one attached hydrogen (secondary N) is 2. The minimum Gasteiger partial charge on any atom is -0.497 e. The van der Waals surface area contributed by atoms with Crippen LogP contribution in [0.3, 0.4) is 0 Å². The summed E-state index contributed by atoms with van der Waals surface area (Å²) in [4.78, 5) is 24.7. The molecule has 0 aliphatic heterocycles. The molecule has 0 atom stereocenters. The second-order valence-electron chi connectivity index (χ2n) is 6.60. The molecule has 0 bridgehead atoms. The lowest BCUT2D eigenvalue weighted by molar-refractivity contribution is 0.251. The molecule has 1 aromatic heterocycles. The summed E-state index contributed by atoms with van der Waals surface area (Å²) in [6, 6.07) is 11.9. The van der Waals surface area contributed by atoms with E-state index in [4.69, 9.17) is 14.2 Å². The zero-order valence-electron chi connectivity index (χ0n) is 17.8. The summed E-state index contributed by atoms with van der Waals surface area (Å²) in [5.41, 5.74) is 1.04. The van der Waals surface area contributed by atoms with E-state index >= 15 is 0 Å². The van der Waals surface area contributed by atoms with Crippen molar-refractivity contribution in [1.82, 2.24) is 19.7 Å². The average Bonchev–Trinajstić information content (AvgIpc) is 3.07. The number of amides is 2. The van der Waals surface area contributed by atoms with Crippen LogP contribution in [0, 0.1) is 0 Å². The molecule has 0 fully saturated rings. The van der Waals surface area contributed by atoms with Crippen molar-refractivity contribution in [3.8, 4) is 28.6 Å². The van der Waals surface area contributed by atoms with Crippen molar-refractivity contribution in [2.45, 2.75) is 6.54 Å². The van der Waals surface area contributed by atoms with Gasteiger partial charge in [0.15, 0.2) is 5.82 Å². The fraction of sp³-hybridized carbons (Fsp3) is 0.286. The molecule has 164 valence electrons. The first-order valence-corrected chi connectivity index (χ1v) is 9.51. The van der Waals surface area contributed by atoms with E-state index in [1.54, 1.807) is 44.5 Å². The van der Waals surface area contributed by atoms with Gasteiger partial charge in [0.05, 0.1) is 27.9 Å². The van der Waals surface area contributed by atoms with Crippen LogP contribution in [0.4, 0.5) is 10.5 Å². The zero-order valence-corrected chi connectivity index (χ0v) is 17.8. The molecule has 0 spiro atoms. The van der Waals surface area contributed by atoms with Crippen molar-refractivity contribution in [3.05, 3.63) is 52.9 Å². The highest BCUT2D eigenvalue weighted by Crippen LogP contribution is 2.25. The van der Waals surface area contributed by atoms with Crippen molar-refractivity contribution in [3.63, 3.8) is 0 Å². The lowest BCUT2D eigenvalue weighted by Gasteiger charge is -2.10. The molecule has 3 rings (SSSR count). The number of carbonyl (C=O) groups excluding carboxylic acids is 1. The van der Waals surface area contributed by atoms with Gasteiger partial charge in [-0.15, -0.1) is 5.10 Å². The number of methoxy groups -OCH3 is 3. The van der Waals surface area contributed by atoms with Crippen LogP contribution in [-0.2, 0) is 13.6 Å². The smallest absolute Gasteiger partial charge is 0.345 e. The van der Waals surface area contributed by atoms with Gasteiger partial charge in [0.25, 0.3) is 0 Å². The van der Waals surface area contributed by atoms with Gasteiger partial charge in [0.1, 0.15) is 17.2 Å². The number of hydrogen-bond acceptors (Lipinski definition) is 6. The summed E-state index contributed by atoms with van der Waals surface area (Å²) >= 11 is 0. The van der Waals surface area contributed by atoms with Gasteiger partial charge in [-0.25, -0.2) is 14.3 Å². The van der Waals surface area contributed by atoms with E-state index in [1.807, 2.05) is 12.1 Å². The van der Waals surface area contributed by atoms with Gasteiger partial charge in [0, 0.05) is 43.0 Å². The van der Waals surface area contributed by atoms with Crippen LogP contribution in [0.5, 0.6) is 17.2 Å². The SMILES string of the molecule is COc1ccc(-c2nn(CCNC(=O)Nc3cc(OC)cc(OC)c3)c(=O)n2C)cc1. The molecule has 0 aliphatic rings. The monoisotopic (exact) mass is 427 g/mol. The number of aromatic nitrogens is 3. The minimum absolute atomic E-state index is 0.214. The third kappa shape index (κ3) is 5.16. The molecule has 0 radical (unpaired) electrons. The molecule has 3 aromatic rings. The van der Waals surface area contributed by atoms with E-state index in [1.165, 1.54) is 23.5 Å². The van der Waals surface area contributed by atoms with Crippen molar-refractivity contribution in [2.24, 2.45) is 7.05 Å². The highest BCUT2D eigenvalue weighted by atomic mass is 16.5. The highest BCUT2D eigenvalue weighted by molar-refractivity contribution is 5.89. The molecule has 0 saturated carbocycles. The summed E-state index contributed by atoms with van der Waals surface area (Å²) in [7, 11) is 6.31. The maximum atomic E-state index is 12.5. The van der Waals surface area contributed by atoms with E-state index in [2.05, 4.69) is 15.7 Å². The molecule has 10 heteroatoms. The van der Waals surface area contributed by atoms with Gasteiger partial charge < -0.3 is 24.8 Å². The average molecular weight is 427 g/mol. The maximum absolute atomic E-state index is 12.5. The number of anilines is 1.